The van der Waals surface area contributed by atoms with Crippen molar-refractivity contribution in [1.29, 1.82) is 0 Å². The van der Waals surface area contributed by atoms with E-state index in [1.165, 1.54) is 68.7 Å². The van der Waals surface area contributed by atoms with Crippen molar-refractivity contribution in [3.8, 4) is 0 Å². The summed E-state index contributed by atoms with van der Waals surface area (Å²) in [6.07, 6.45) is 7.87. The van der Waals surface area contributed by atoms with Crippen molar-refractivity contribution in [3.63, 3.8) is 0 Å². The number of aromatic nitrogens is 2. The van der Waals surface area contributed by atoms with Crippen molar-refractivity contribution >= 4 is 0 Å². The molecule has 0 radical (unpaired) electrons. The molecule has 2 aliphatic rings. The van der Waals surface area contributed by atoms with Crippen molar-refractivity contribution in [2.45, 2.75) is 64.8 Å². The van der Waals surface area contributed by atoms with Crippen molar-refractivity contribution in [2.24, 2.45) is 11.8 Å². The average Bonchev–Trinajstić information content (AvgIpc) is 3.29. The van der Waals surface area contributed by atoms with Crippen LogP contribution >= 0.6 is 0 Å². The standard InChI is InChI=1S/C24H35N3/c1-3-27-24(17-23(25-27)16-20-7-5-4-6-8-20)22-11-13-26(14-12-22)18-21-10-9-19(2)15-21/h4-8,17,19,21-22H,3,9-16,18H2,1-2H3/t19?,21-/m1/s1. The Labute approximate surface area is 164 Å². The Hall–Kier alpha value is -1.61. The molecule has 1 aromatic carbocycles. The summed E-state index contributed by atoms with van der Waals surface area (Å²) in [6, 6.07) is 13.1. The maximum atomic E-state index is 4.91. The first-order chi connectivity index (χ1) is 13.2. The third-order valence-electron chi connectivity index (χ3n) is 6.71. The molecule has 1 unspecified atom stereocenters. The third-order valence-corrected chi connectivity index (χ3v) is 6.71. The first-order valence-corrected chi connectivity index (χ1v) is 11.0. The highest BCUT2D eigenvalue weighted by molar-refractivity contribution is 5.24. The largest absolute Gasteiger partial charge is 0.303 e. The van der Waals surface area contributed by atoms with Gasteiger partial charge >= 0.3 is 0 Å². The van der Waals surface area contributed by atoms with Crippen LogP contribution in [0.4, 0.5) is 0 Å². The molecule has 27 heavy (non-hydrogen) atoms. The summed E-state index contributed by atoms with van der Waals surface area (Å²) in [5.74, 6) is 2.59. The first kappa shape index (κ1) is 18.7. The molecule has 2 atom stereocenters. The van der Waals surface area contributed by atoms with Crippen LogP contribution in [0.2, 0.25) is 0 Å². The lowest BCUT2D eigenvalue weighted by Gasteiger charge is -2.33. The topological polar surface area (TPSA) is 21.1 Å². The molecule has 0 spiro atoms. The third kappa shape index (κ3) is 4.63. The van der Waals surface area contributed by atoms with E-state index in [-0.39, 0.29) is 0 Å². The lowest BCUT2D eigenvalue weighted by atomic mass is 9.92. The Morgan fingerprint density at radius 1 is 1.04 bits per heavy atom. The molecular weight excluding hydrogens is 330 g/mol. The molecule has 2 heterocycles. The van der Waals surface area contributed by atoms with Crippen molar-refractivity contribution in [2.75, 3.05) is 19.6 Å². The Kier molecular flexibility index (Phi) is 5.97. The van der Waals surface area contributed by atoms with E-state index in [0.29, 0.717) is 5.92 Å². The summed E-state index contributed by atoms with van der Waals surface area (Å²) in [4.78, 5) is 2.73. The normalized spacial score (nSPS) is 24.5. The van der Waals surface area contributed by atoms with Gasteiger partial charge in [-0.3, -0.25) is 4.68 Å². The van der Waals surface area contributed by atoms with E-state index < -0.39 is 0 Å². The number of likely N-dealkylation sites (tertiary alicyclic amines) is 1. The molecular formula is C24H35N3. The molecule has 1 aromatic heterocycles. The fourth-order valence-corrected chi connectivity index (χ4v) is 5.23. The van der Waals surface area contributed by atoms with Crippen LogP contribution in [0.5, 0.6) is 0 Å². The molecule has 0 amide bonds. The number of nitrogens with zero attached hydrogens (tertiary/aromatic N) is 3. The molecule has 1 aliphatic carbocycles. The van der Waals surface area contributed by atoms with Crippen LogP contribution < -0.4 is 0 Å². The van der Waals surface area contributed by atoms with Crippen LogP contribution in [0.25, 0.3) is 0 Å². The summed E-state index contributed by atoms with van der Waals surface area (Å²) in [5, 5.41) is 4.91. The average molecular weight is 366 g/mol. The Balaban J connectivity index is 1.36. The minimum Gasteiger partial charge on any atom is -0.303 e. The number of piperidine rings is 1. The van der Waals surface area contributed by atoms with E-state index >= 15 is 0 Å². The minimum atomic E-state index is 0.681. The molecule has 2 aromatic rings. The summed E-state index contributed by atoms with van der Waals surface area (Å²) in [6.45, 7) is 9.48. The summed E-state index contributed by atoms with van der Waals surface area (Å²) < 4.78 is 2.26. The maximum absolute atomic E-state index is 4.91. The highest BCUT2D eigenvalue weighted by Crippen LogP contribution is 2.33. The molecule has 0 N–H and O–H groups in total. The van der Waals surface area contributed by atoms with Gasteiger partial charge in [-0.05, 0) is 69.2 Å². The van der Waals surface area contributed by atoms with Crippen LogP contribution in [0, 0.1) is 11.8 Å². The SMILES string of the molecule is CCn1nc(Cc2ccccc2)cc1C1CCN(C[C@@H]2CCC(C)C2)CC1. The molecule has 4 rings (SSSR count). The second kappa shape index (κ2) is 8.60. The zero-order valence-corrected chi connectivity index (χ0v) is 17.1. The molecule has 3 heteroatoms. The number of hydrogen-bond acceptors (Lipinski definition) is 2. The van der Waals surface area contributed by atoms with Crippen molar-refractivity contribution in [1.82, 2.24) is 14.7 Å². The summed E-state index contributed by atoms with van der Waals surface area (Å²) in [7, 11) is 0. The van der Waals surface area contributed by atoms with Gasteiger partial charge in [-0.2, -0.15) is 5.10 Å². The molecule has 1 saturated heterocycles. The van der Waals surface area contributed by atoms with E-state index in [4.69, 9.17) is 5.10 Å². The molecule has 1 aliphatic heterocycles. The fraction of sp³-hybridized carbons (Fsp3) is 0.625. The van der Waals surface area contributed by atoms with Gasteiger partial charge in [0.1, 0.15) is 0 Å². The Morgan fingerprint density at radius 2 is 1.81 bits per heavy atom. The van der Waals surface area contributed by atoms with Gasteiger partial charge in [-0.15, -0.1) is 0 Å². The highest BCUT2D eigenvalue weighted by atomic mass is 15.3. The smallest absolute Gasteiger partial charge is 0.0671 e. The van der Waals surface area contributed by atoms with Gasteiger partial charge in [0.2, 0.25) is 0 Å². The van der Waals surface area contributed by atoms with Gasteiger partial charge in [0.05, 0.1) is 5.69 Å². The zero-order chi connectivity index (χ0) is 18.6. The van der Waals surface area contributed by atoms with Gasteiger partial charge < -0.3 is 4.90 Å². The lowest BCUT2D eigenvalue weighted by molar-refractivity contribution is 0.179. The maximum Gasteiger partial charge on any atom is 0.0671 e. The monoisotopic (exact) mass is 365 g/mol. The number of hydrogen-bond donors (Lipinski definition) is 0. The van der Waals surface area contributed by atoms with E-state index in [9.17, 15) is 0 Å². The molecule has 1 saturated carbocycles. The number of aryl methyl sites for hydroxylation is 1. The van der Waals surface area contributed by atoms with Crippen LogP contribution in [-0.4, -0.2) is 34.3 Å². The molecule has 2 fully saturated rings. The second-order valence-electron chi connectivity index (χ2n) is 8.90. The predicted molar refractivity (Wildman–Crippen MR) is 112 cm³/mol. The van der Waals surface area contributed by atoms with Crippen molar-refractivity contribution in [3.05, 3.63) is 53.3 Å². The molecule has 146 valence electrons. The van der Waals surface area contributed by atoms with Gasteiger partial charge in [0, 0.05) is 31.1 Å². The summed E-state index contributed by atoms with van der Waals surface area (Å²) in [5.41, 5.74) is 4.04. The van der Waals surface area contributed by atoms with Crippen LogP contribution in [0.1, 0.15) is 68.8 Å². The van der Waals surface area contributed by atoms with E-state index in [1.807, 2.05) is 0 Å². The quantitative estimate of drug-likeness (QED) is 0.709. The predicted octanol–water partition coefficient (Wildman–Crippen LogP) is 5.11. The van der Waals surface area contributed by atoms with Gasteiger partial charge in [-0.25, -0.2) is 0 Å². The van der Waals surface area contributed by atoms with Gasteiger partial charge in [-0.1, -0.05) is 43.7 Å². The summed E-state index contributed by atoms with van der Waals surface area (Å²) >= 11 is 0. The lowest BCUT2D eigenvalue weighted by Crippen LogP contribution is -2.36. The first-order valence-electron chi connectivity index (χ1n) is 11.0. The van der Waals surface area contributed by atoms with E-state index in [1.54, 1.807) is 0 Å². The highest BCUT2D eigenvalue weighted by Gasteiger charge is 2.28. The molecule has 0 bridgehead atoms. The van der Waals surface area contributed by atoms with Gasteiger partial charge in [0.15, 0.2) is 0 Å². The van der Waals surface area contributed by atoms with Crippen molar-refractivity contribution < 1.29 is 0 Å². The number of benzene rings is 1. The van der Waals surface area contributed by atoms with E-state index in [0.717, 1.165) is 24.8 Å². The van der Waals surface area contributed by atoms with Gasteiger partial charge in [0.25, 0.3) is 0 Å². The van der Waals surface area contributed by atoms with Crippen LogP contribution in [0.3, 0.4) is 0 Å². The fourth-order valence-electron chi connectivity index (χ4n) is 5.23. The minimum absolute atomic E-state index is 0.681. The Morgan fingerprint density at radius 3 is 2.48 bits per heavy atom. The van der Waals surface area contributed by atoms with Crippen LogP contribution in [-0.2, 0) is 13.0 Å². The zero-order valence-electron chi connectivity index (χ0n) is 17.1. The Bertz CT molecular complexity index is 712. The second-order valence-corrected chi connectivity index (χ2v) is 8.90. The van der Waals surface area contributed by atoms with Crippen LogP contribution in [0.15, 0.2) is 36.4 Å². The van der Waals surface area contributed by atoms with E-state index in [2.05, 4.69) is 59.8 Å². The number of rotatable bonds is 6. The molecule has 3 nitrogen and oxygen atoms in total.